The number of aliphatic hydroxyl groups is 1. The third-order valence-electron chi connectivity index (χ3n) is 12.0. The maximum Gasteiger partial charge on any atom is 0.328 e. The number of urea groups is 1. The molecule has 2 heterocycles. The SMILES string of the molecule is COC(=O)[C@H](Cc1ccccc1)NC(=O)NCc1cccc(-c2ccc([C@@H]3O[C@H](CN4CC5(C)CC4CC(C)(C)C5)[C@H](C)[C@H](c4ccc(CO)cc4)O3)cc2)c1. The lowest BCUT2D eigenvalue weighted by Crippen LogP contribution is -2.47. The highest BCUT2D eigenvalue weighted by atomic mass is 16.7. The Kier molecular flexibility index (Phi) is 12.0. The molecular formula is C47H57N3O6. The summed E-state index contributed by atoms with van der Waals surface area (Å²) in [6.07, 6.45) is 3.33. The van der Waals surface area contributed by atoms with Gasteiger partial charge in [0, 0.05) is 43.6 Å². The number of hydrogen-bond acceptors (Lipinski definition) is 7. The number of rotatable bonds is 12. The van der Waals surface area contributed by atoms with Crippen LogP contribution in [0.15, 0.2) is 103 Å². The molecule has 296 valence electrons. The van der Waals surface area contributed by atoms with E-state index in [0.29, 0.717) is 23.3 Å². The van der Waals surface area contributed by atoms with Crippen LogP contribution in [0.5, 0.6) is 0 Å². The molecule has 1 saturated carbocycles. The number of nitrogens with one attached hydrogen (secondary N) is 2. The highest BCUT2D eigenvalue weighted by molar-refractivity contribution is 5.83. The maximum atomic E-state index is 12.9. The fourth-order valence-electron chi connectivity index (χ4n) is 9.62. The predicted octanol–water partition coefficient (Wildman–Crippen LogP) is 8.12. The Hall–Kier alpha value is -4.54. The van der Waals surface area contributed by atoms with Crippen molar-refractivity contribution in [2.75, 3.05) is 20.2 Å². The molecule has 3 N–H and O–H groups in total. The summed E-state index contributed by atoms with van der Waals surface area (Å²) in [6.45, 7) is 11.8. The molecule has 7 atom stereocenters. The molecule has 0 aromatic heterocycles. The van der Waals surface area contributed by atoms with Gasteiger partial charge in [0.1, 0.15) is 6.04 Å². The van der Waals surface area contributed by atoms with Gasteiger partial charge in [-0.25, -0.2) is 9.59 Å². The Balaban J connectivity index is 1.03. The summed E-state index contributed by atoms with van der Waals surface area (Å²) in [6, 6.07) is 33.4. The normalized spacial score (nSPS) is 26.3. The van der Waals surface area contributed by atoms with Gasteiger partial charge >= 0.3 is 12.0 Å². The number of esters is 1. The fraction of sp³-hybridized carbons (Fsp3) is 0.447. The highest BCUT2D eigenvalue weighted by Gasteiger charge is 2.51. The number of carbonyl (C=O) groups is 2. The van der Waals surface area contributed by atoms with Crippen molar-refractivity contribution in [1.29, 1.82) is 0 Å². The lowest BCUT2D eigenvalue weighted by molar-refractivity contribution is -0.276. The summed E-state index contributed by atoms with van der Waals surface area (Å²) in [5.41, 5.74) is 7.52. The van der Waals surface area contributed by atoms with E-state index >= 15 is 0 Å². The molecule has 2 bridgehead atoms. The monoisotopic (exact) mass is 759 g/mol. The minimum absolute atomic E-state index is 0.00887. The van der Waals surface area contributed by atoms with Crippen LogP contribution >= 0.6 is 0 Å². The first-order valence-electron chi connectivity index (χ1n) is 20.0. The van der Waals surface area contributed by atoms with Gasteiger partial charge in [0.15, 0.2) is 6.29 Å². The molecule has 9 heteroatoms. The number of nitrogens with zero attached hydrogens (tertiary/aromatic N) is 1. The summed E-state index contributed by atoms with van der Waals surface area (Å²) in [5.74, 6) is -0.372. The molecule has 2 amide bonds. The Morgan fingerprint density at radius 2 is 1.57 bits per heavy atom. The molecule has 0 radical (unpaired) electrons. The Morgan fingerprint density at radius 1 is 0.857 bits per heavy atom. The van der Waals surface area contributed by atoms with Crippen LogP contribution in [0.25, 0.3) is 11.1 Å². The zero-order chi connectivity index (χ0) is 39.5. The Bertz CT molecular complexity index is 1950. The largest absolute Gasteiger partial charge is 0.467 e. The third-order valence-corrected chi connectivity index (χ3v) is 12.0. The van der Waals surface area contributed by atoms with Crippen LogP contribution in [0.3, 0.4) is 0 Å². The molecule has 2 aliphatic heterocycles. The van der Waals surface area contributed by atoms with Crippen molar-refractivity contribution in [3.8, 4) is 11.1 Å². The van der Waals surface area contributed by atoms with Gasteiger partial charge in [0.2, 0.25) is 0 Å². The second-order valence-electron chi connectivity index (χ2n) is 17.4. The van der Waals surface area contributed by atoms with Crippen molar-refractivity contribution in [3.63, 3.8) is 0 Å². The van der Waals surface area contributed by atoms with Gasteiger partial charge in [-0.3, -0.25) is 4.90 Å². The Morgan fingerprint density at radius 3 is 2.29 bits per heavy atom. The summed E-state index contributed by atoms with van der Waals surface area (Å²) < 4.78 is 18.6. The topological polar surface area (TPSA) is 109 Å². The summed E-state index contributed by atoms with van der Waals surface area (Å²) in [4.78, 5) is 28.0. The van der Waals surface area contributed by atoms with Crippen LogP contribution in [0.4, 0.5) is 4.79 Å². The van der Waals surface area contributed by atoms with Crippen LogP contribution in [-0.2, 0) is 38.6 Å². The number of amides is 2. The van der Waals surface area contributed by atoms with E-state index in [-0.39, 0.29) is 31.3 Å². The van der Waals surface area contributed by atoms with Crippen molar-refractivity contribution in [3.05, 3.63) is 131 Å². The maximum absolute atomic E-state index is 12.9. The first-order valence-corrected chi connectivity index (χ1v) is 20.0. The zero-order valence-corrected chi connectivity index (χ0v) is 33.4. The van der Waals surface area contributed by atoms with Crippen molar-refractivity contribution in [1.82, 2.24) is 15.5 Å². The van der Waals surface area contributed by atoms with E-state index in [1.54, 1.807) is 0 Å². The molecule has 3 fully saturated rings. The minimum Gasteiger partial charge on any atom is -0.467 e. The van der Waals surface area contributed by atoms with Crippen molar-refractivity contribution in [2.45, 2.75) is 97.1 Å². The summed E-state index contributed by atoms with van der Waals surface area (Å²) >= 11 is 0. The fourth-order valence-corrected chi connectivity index (χ4v) is 9.62. The zero-order valence-electron chi connectivity index (χ0n) is 33.4. The van der Waals surface area contributed by atoms with Crippen LogP contribution in [-0.4, -0.2) is 60.4 Å². The van der Waals surface area contributed by atoms with E-state index in [1.807, 2.05) is 54.6 Å². The van der Waals surface area contributed by atoms with Crippen molar-refractivity contribution >= 4 is 12.0 Å². The molecule has 4 aromatic carbocycles. The number of fused-ring (bicyclic) bond motifs is 2. The molecule has 4 aromatic rings. The van der Waals surface area contributed by atoms with Crippen molar-refractivity contribution in [2.24, 2.45) is 16.7 Å². The van der Waals surface area contributed by atoms with E-state index in [2.05, 4.69) is 91.8 Å². The summed E-state index contributed by atoms with van der Waals surface area (Å²) in [7, 11) is 1.32. The molecule has 0 spiro atoms. The first kappa shape index (κ1) is 39.7. The van der Waals surface area contributed by atoms with Gasteiger partial charge in [0.05, 0.1) is 25.9 Å². The summed E-state index contributed by atoms with van der Waals surface area (Å²) in [5, 5.41) is 15.4. The second kappa shape index (κ2) is 16.9. The first-order chi connectivity index (χ1) is 26.9. The average Bonchev–Trinajstić information content (AvgIpc) is 3.44. The van der Waals surface area contributed by atoms with Gasteiger partial charge < -0.3 is 30.0 Å². The standard InChI is InChI=1S/C47H57N3O6/c1-31-41(27-50-30-47(4)25-39(50)24-46(2,3)29-47)55-44(56-42(31)36-16-14-33(28-51)15-17-36)37-20-18-35(19-21-37)38-13-9-12-34(22-38)26-48-45(53)49-40(43(52)54-5)23-32-10-7-6-8-11-32/h6-22,31,39-42,44,51H,23-30H2,1-5H3,(H2,48,49,53)/t31-,39?,40-,41+,42+,44+,47?/m0/s1. The van der Waals surface area contributed by atoms with Crippen LogP contribution in [0.2, 0.25) is 0 Å². The molecule has 2 unspecified atom stereocenters. The molecule has 9 nitrogen and oxygen atoms in total. The second-order valence-corrected chi connectivity index (χ2v) is 17.4. The van der Waals surface area contributed by atoms with E-state index in [1.165, 1.54) is 26.4 Å². The lowest BCUT2D eigenvalue weighted by atomic mass is 9.65. The minimum atomic E-state index is -0.805. The predicted molar refractivity (Wildman–Crippen MR) is 217 cm³/mol. The van der Waals surface area contributed by atoms with E-state index in [9.17, 15) is 14.7 Å². The molecule has 7 rings (SSSR count). The number of carbonyl (C=O) groups excluding carboxylic acids is 2. The van der Waals surface area contributed by atoms with Gasteiger partial charge in [-0.05, 0) is 69.5 Å². The molecule has 56 heavy (non-hydrogen) atoms. The highest BCUT2D eigenvalue weighted by Crippen LogP contribution is 2.53. The smallest absolute Gasteiger partial charge is 0.328 e. The van der Waals surface area contributed by atoms with E-state index < -0.39 is 24.3 Å². The third kappa shape index (κ3) is 9.35. The van der Waals surface area contributed by atoms with E-state index in [4.69, 9.17) is 14.2 Å². The van der Waals surface area contributed by atoms with Gasteiger partial charge in [0.25, 0.3) is 0 Å². The van der Waals surface area contributed by atoms with Gasteiger partial charge in [-0.2, -0.15) is 0 Å². The Labute approximate surface area is 331 Å². The average molecular weight is 760 g/mol. The number of ether oxygens (including phenoxy) is 3. The van der Waals surface area contributed by atoms with Crippen LogP contribution in [0, 0.1) is 16.7 Å². The number of hydrogen-bond donors (Lipinski definition) is 3. The number of aliphatic hydroxyl groups excluding tert-OH is 1. The molecule has 3 aliphatic rings. The molecule has 1 aliphatic carbocycles. The van der Waals surface area contributed by atoms with E-state index in [0.717, 1.165) is 52.0 Å². The van der Waals surface area contributed by atoms with Gasteiger partial charge in [-0.15, -0.1) is 0 Å². The number of benzene rings is 4. The quantitative estimate of drug-likeness (QED) is 0.125. The molecular weight excluding hydrogens is 703 g/mol. The van der Waals surface area contributed by atoms with Crippen molar-refractivity contribution < 1.29 is 28.9 Å². The number of likely N-dealkylation sites (tertiary alicyclic amines) is 1. The van der Waals surface area contributed by atoms with Gasteiger partial charge in [-0.1, -0.05) is 125 Å². The number of methoxy groups -OCH3 is 1. The van der Waals surface area contributed by atoms with Crippen LogP contribution < -0.4 is 10.6 Å². The molecule has 2 saturated heterocycles. The van der Waals surface area contributed by atoms with Crippen LogP contribution in [0.1, 0.15) is 87.2 Å². The lowest BCUT2D eigenvalue weighted by Gasteiger charge is -2.43.